The molecule has 1 aliphatic rings. The van der Waals surface area contributed by atoms with Gasteiger partial charge in [0.2, 0.25) is 5.78 Å². The van der Waals surface area contributed by atoms with Gasteiger partial charge in [0.1, 0.15) is 0 Å². The molecule has 0 bridgehead atoms. The first-order valence-corrected chi connectivity index (χ1v) is 13.7. The zero-order valence-electron chi connectivity index (χ0n) is 22.3. The molecule has 0 aliphatic carbocycles. The number of ketones is 1. The number of hydrogen-bond acceptors (Lipinski definition) is 8. The van der Waals surface area contributed by atoms with Crippen molar-refractivity contribution in [3.8, 4) is 11.5 Å². The van der Waals surface area contributed by atoms with Crippen LogP contribution in [-0.4, -0.2) is 56.0 Å². The van der Waals surface area contributed by atoms with E-state index in [2.05, 4.69) is 16.9 Å². The van der Waals surface area contributed by atoms with E-state index in [1.807, 2.05) is 42.8 Å². The summed E-state index contributed by atoms with van der Waals surface area (Å²) in [5.74, 6) is -0.328. The Morgan fingerprint density at radius 1 is 1.13 bits per heavy atom. The van der Waals surface area contributed by atoms with E-state index in [-0.39, 0.29) is 11.4 Å². The van der Waals surface area contributed by atoms with E-state index in [4.69, 9.17) is 9.47 Å². The molecular weight excluding hydrogens is 504 g/mol. The number of nitrogens with zero attached hydrogens (tertiary/aromatic N) is 4. The highest BCUT2D eigenvalue weighted by Gasteiger charge is 2.44. The number of aryl methyl sites for hydroxylation is 3. The van der Waals surface area contributed by atoms with Crippen molar-refractivity contribution in [2.45, 2.75) is 59.5 Å². The van der Waals surface area contributed by atoms with E-state index in [9.17, 15) is 14.7 Å². The van der Waals surface area contributed by atoms with E-state index < -0.39 is 17.7 Å². The van der Waals surface area contributed by atoms with Gasteiger partial charge in [-0.05, 0) is 51.3 Å². The minimum Gasteiger partial charge on any atom is -0.503 e. The first-order valence-electron chi connectivity index (χ1n) is 12.9. The molecule has 38 heavy (non-hydrogen) atoms. The molecule has 1 aromatic carbocycles. The van der Waals surface area contributed by atoms with Crippen LogP contribution < -0.4 is 9.47 Å². The average molecular weight is 539 g/mol. The van der Waals surface area contributed by atoms with Crippen LogP contribution in [0.25, 0.3) is 0 Å². The Hall–Kier alpha value is -3.66. The van der Waals surface area contributed by atoms with Gasteiger partial charge in [0.05, 0.1) is 46.7 Å². The minimum atomic E-state index is -0.775. The number of ether oxygens (including phenoxy) is 2. The van der Waals surface area contributed by atoms with E-state index in [0.717, 1.165) is 17.8 Å². The van der Waals surface area contributed by atoms with Gasteiger partial charge in [-0.25, -0.2) is 9.97 Å². The number of aliphatic hydroxyl groups excluding tert-OH is 1. The largest absolute Gasteiger partial charge is 0.503 e. The molecular formula is C28H34N4O5S. The van der Waals surface area contributed by atoms with E-state index in [1.54, 1.807) is 24.3 Å². The number of rotatable bonds is 13. The van der Waals surface area contributed by atoms with Crippen molar-refractivity contribution in [2.24, 2.45) is 0 Å². The number of aromatic nitrogens is 3. The van der Waals surface area contributed by atoms with Gasteiger partial charge >= 0.3 is 0 Å². The molecule has 3 heterocycles. The molecule has 0 saturated carbocycles. The molecule has 9 nitrogen and oxygen atoms in total. The summed E-state index contributed by atoms with van der Waals surface area (Å²) in [4.78, 5) is 37.6. The molecule has 1 N–H and O–H groups in total. The zero-order chi connectivity index (χ0) is 27.2. The molecule has 10 heteroatoms. The van der Waals surface area contributed by atoms with Gasteiger partial charge in [0, 0.05) is 25.5 Å². The molecule has 0 saturated heterocycles. The highest BCUT2D eigenvalue weighted by atomic mass is 32.1. The Labute approximate surface area is 226 Å². The Bertz CT molecular complexity index is 1310. The third-order valence-corrected chi connectivity index (χ3v) is 7.44. The standard InChI is InChI=1S/C28H34N4O5S/c1-5-7-15-37-21-10-9-20(16-22(21)36-6-2)24-23(25(33)27-18(3)30-19(4)38-27)26(34)28(35)32(24)13-8-12-31-14-11-29-17-31/h9-11,14,16-17,24,34H,5-8,12-13,15H2,1-4H3. The summed E-state index contributed by atoms with van der Waals surface area (Å²) in [5.41, 5.74) is 1.31. The number of amides is 1. The van der Waals surface area contributed by atoms with Gasteiger partial charge in [0.15, 0.2) is 17.3 Å². The fourth-order valence-corrected chi connectivity index (χ4v) is 5.45. The van der Waals surface area contributed by atoms with Gasteiger partial charge < -0.3 is 24.0 Å². The fraction of sp³-hybridized carbons (Fsp3) is 0.429. The summed E-state index contributed by atoms with van der Waals surface area (Å²) in [5, 5.41) is 11.8. The molecule has 0 radical (unpaired) electrons. The van der Waals surface area contributed by atoms with Gasteiger partial charge in [-0.3, -0.25) is 9.59 Å². The Balaban J connectivity index is 1.72. The summed E-state index contributed by atoms with van der Waals surface area (Å²) in [6.45, 7) is 9.54. The van der Waals surface area contributed by atoms with Crippen molar-refractivity contribution in [1.82, 2.24) is 19.4 Å². The van der Waals surface area contributed by atoms with Crippen molar-refractivity contribution in [1.29, 1.82) is 0 Å². The summed E-state index contributed by atoms with van der Waals surface area (Å²) >= 11 is 1.26. The molecule has 1 aliphatic heterocycles. The van der Waals surface area contributed by atoms with Gasteiger partial charge in [0.25, 0.3) is 5.91 Å². The molecule has 1 amide bonds. The highest BCUT2D eigenvalue weighted by molar-refractivity contribution is 7.14. The lowest BCUT2D eigenvalue weighted by Gasteiger charge is -2.27. The van der Waals surface area contributed by atoms with E-state index in [1.165, 1.54) is 11.3 Å². The molecule has 202 valence electrons. The summed E-state index contributed by atoms with van der Waals surface area (Å²) < 4.78 is 13.7. The number of aliphatic hydroxyl groups is 1. The second-order valence-corrected chi connectivity index (χ2v) is 10.3. The lowest BCUT2D eigenvalue weighted by molar-refractivity contribution is -0.129. The van der Waals surface area contributed by atoms with Crippen LogP contribution in [0.15, 0.2) is 48.3 Å². The molecule has 1 atom stereocenters. The van der Waals surface area contributed by atoms with Crippen LogP contribution in [0, 0.1) is 13.8 Å². The number of Topliss-reactive ketones (excluding diaryl/α,β-unsaturated/α-hetero) is 1. The fourth-order valence-electron chi connectivity index (χ4n) is 4.58. The van der Waals surface area contributed by atoms with Gasteiger partial charge in [-0.15, -0.1) is 11.3 Å². The van der Waals surface area contributed by atoms with Crippen LogP contribution in [0.3, 0.4) is 0 Å². The summed E-state index contributed by atoms with van der Waals surface area (Å²) in [7, 11) is 0. The van der Waals surface area contributed by atoms with E-state index >= 15 is 0 Å². The smallest absolute Gasteiger partial charge is 0.290 e. The minimum absolute atomic E-state index is 0.0616. The van der Waals surface area contributed by atoms with Gasteiger partial charge in [-0.2, -0.15) is 0 Å². The number of hydrogen-bond donors (Lipinski definition) is 1. The monoisotopic (exact) mass is 538 g/mol. The second kappa shape index (κ2) is 12.3. The Morgan fingerprint density at radius 2 is 1.95 bits per heavy atom. The van der Waals surface area contributed by atoms with Crippen LogP contribution >= 0.6 is 11.3 Å². The van der Waals surface area contributed by atoms with Crippen molar-refractivity contribution < 1.29 is 24.2 Å². The zero-order valence-corrected chi connectivity index (χ0v) is 23.1. The highest BCUT2D eigenvalue weighted by Crippen LogP contribution is 2.42. The van der Waals surface area contributed by atoms with Crippen LogP contribution in [0.5, 0.6) is 11.5 Å². The third kappa shape index (κ3) is 5.75. The number of carbonyl (C=O) groups excluding carboxylic acids is 2. The number of carbonyl (C=O) groups is 2. The normalized spacial score (nSPS) is 15.4. The number of thiazole rings is 1. The number of benzene rings is 1. The van der Waals surface area contributed by atoms with Crippen molar-refractivity contribution in [2.75, 3.05) is 19.8 Å². The van der Waals surface area contributed by atoms with Crippen molar-refractivity contribution in [3.63, 3.8) is 0 Å². The van der Waals surface area contributed by atoms with Crippen LogP contribution in [-0.2, 0) is 11.3 Å². The maximum Gasteiger partial charge on any atom is 0.290 e. The van der Waals surface area contributed by atoms with Crippen LogP contribution in [0.4, 0.5) is 0 Å². The molecule has 1 unspecified atom stereocenters. The quantitative estimate of drug-likeness (QED) is 0.235. The molecule has 2 aromatic heterocycles. The van der Waals surface area contributed by atoms with Crippen molar-refractivity contribution in [3.05, 3.63) is 69.4 Å². The number of imidazole rings is 1. The predicted molar refractivity (Wildman–Crippen MR) is 145 cm³/mol. The Kier molecular flexibility index (Phi) is 8.83. The van der Waals surface area contributed by atoms with Crippen LogP contribution in [0.1, 0.15) is 65.1 Å². The molecule has 4 rings (SSSR count). The lowest BCUT2D eigenvalue weighted by atomic mass is 9.94. The summed E-state index contributed by atoms with van der Waals surface area (Å²) in [6.07, 6.45) is 7.81. The SMILES string of the molecule is CCCCOc1ccc(C2C(C(=O)c3sc(C)nc3C)=C(O)C(=O)N2CCCn2ccnc2)cc1OCC. The predicted octanol–water partition coefficient (Wildman–Crippen LogP) is 5.20. The topological polar surface area (TPSA) is 107 Å². The second-order valence-electron chi connectivity index (χ2n) is 9.14. The maximum absolute atomic E-state index is 13.8. The Morgan fingerprint density at radius 3 is 2.61 bits per heavy atom. The molecule has 3 aromatic rings. The first kappa shape index (κ1) is 27.4. The number of unbranched alkanes of at least 4 members (excludes halogenated alkanes) is 1. The maximum atomic E-state index is 13.8. The summed E-state index contributed by atoms with van der Waals surface area (Å²) in [6, 6.07) is 4.68. The van der Waals surface area contributed by atoms with Crippen molar-refractivity contribution >= 4 is 23.0 Å². The molecule has 0 fully saturated rings. The molecule has 0 spiro atoms. The third-order valence-electron chi connectivity index (χ3n) is 6.37. The average Bonchev–Trinajstić information content (AvgIpc) is 3.59. The van der Waals surface area contributed by atoms with Crippen LogP contribution in [0.2, 0.25) is 0 Å². The van der Waals surface area contributed by atoms with Gasteiger partial charge in [-0.1, -0.05) is 19.4 Å². The first-order chi connectivity index (χ1) is 18.3. The van der Waals surface area contributed by atoms with E-state index in [0.29, 0.717) is 60.4 Å². The lowest BCUT2D eigenvalue weighted by Crippen LogP contribution is -2.32.